The molecule has 1 aromatic carbocycles. The van der Waals surface area contributed by atoms with E-state index in [1.165, 1.54) is 0 Å². The quantitative estimate of drug-likeness (QED) is 0.814. The minimum absolute atomic E-state index is 0.0543. The Hall–Kier alpha value is -2.48. The highest BCUT2D eigenvalue weighted by Crippen LogP contribution is 2.26. The Morgan fingerprint density at radius 3 is 2.46 bits per heavy atom. The van der Waals surface area contributed by atoms with Gasteiger partial charge in [-0.2, -0.15) is 0 Å². The van der Waals surface area contributed by atoms with Crippen molar-refractivity contribution in [2.75, 3.05) is 13.1 Å². The Bertz CT molecular complexity index is 694. The average Bonchev–Trinajstić information content (AvgIpc) is 2.87. The molecular formula is C16H17N3O4S. The Balaban J connectivity index is 1.57. The molecule has 2 aliphatic heterocycles. The number of carbonyl (C=O) groups excluding carboxylic acids is 3. The van der Waals surface area contributed by atoms with Gasteiger partial charge in [0.2, 0.25) is 0 Å². The number of imide groups is 1. The van der Waals surface area contributed by atoms with Crippen LogP contribution in [0.1, 0.15) is 18.4 Å². The van der Waals surface area contributed by atoms with Crippen LogP contribution in [0.5, 0.6) is 5.75 Å². The molecule has 126 valence electrons. The largest absolute Gasteiger partial charge is 0.490 e. The summed E-state index contributed by atoms with van der Waals surface area (Å²) in [6, 6.07) is 6.92. The summed E-state index contributed by atoms with van der Waals surface area (Å²) in [7, 11) is 0. The molecule has 24 heavy (non-hydrogen) atoms. The van der Waals surface area contributed by atoms with E-state index in [0.717, 1.165) is 35.9 Å². The molecule has 2 aliphatic rings. The normalized spacial score (nSPS) is 20.3. The van der Waals surface area contributed by atoms with Crippen LogP contribution in [0.3, 0.4) is 0 Å². The van der Waals surface area contributed by atoms with E-state index in [-0.39, 0.29) is 17.3 Å². The number of nitrogens with two attached hydrogens (primary N) is 1. The summed E-state index contributed by atoms with van der Waals surface area (Å²) in [5, 5.41) is 1.87. The summed E-state index contributed by atoms with van der Waals surface area (Å²) in [5.74, 6) is 0.362. The first-order valence-electron chi connectivity index (χ1n) is 7.57. The van der Waals surface area contributed by atoms with Crippen LogP contribution in [0.2, 0.25) is 0 Å². The number of ether oxygens (including phenoxy) is 1. The number of amides is 4. The first-order valence-corrected chi connectivity index (χ1v) is 8.39. The molecule has 0 radical (unpaired) electrons. The van der Waals surface area contributed by atoms with E-state index in [4.69, 9.17) is 10.5 Å². The van der Waals surface area contributed by atoms with Crippen molar-refractivity contribution in [2.45, 2.75) is 18.9 Å². The molecule has 1 aromatic rings. The maximum atomic E-state index is 11.5. The van der Waals surface area contributed by atoms with Gasteiger partial charge in [-0.05, 0) is 35.5 Å². The van der Waals surface area contributed by atoms with Gasteiger partial charge in [-0.25, -0.2) is 4.79 Å². The Morgan fingerprint density at radius 1 is 1.25 bits per heavy atom. The van der Waals surface area contributed by atoms with E-state index in [9.17, 15) is 14.4 Å². The third kappa shape index (κ3) is 3.88. The topological polar surface area (TPSA) is 102 Å². The molecule has 2 fully saturated rings. The Kier molecular flexibility index (Phi) is 4.75. The van der Waals surface area contributed by atoms with E-state index in [2.05, 4.69) is 5.32 Å². The highest BCUT2D eigenvalue weighted by Gasteiger charge is 2.25. The molecule has 3 rings (SSSR count). The second kappa shape index (κ2) is 6.96. The zero-order chi connectivity index (χ0) is 17.1. The van der Waals surface area contributed by atoms with E-state index in [1.54, 1.807) is 11.0 Å². The van der Waals surface area contributed by atoms with Crippen LogP contribution >= 0.6 is 11.8 Å². The molecule has 2 saturated heterocycles. The fourth-order valence-corrected chi connectivity index (χ4v) is 3.28. The second-order valence-electron chi connectivity index (χ2n) is 5.56. The maximum absolute atomic E-state index is 11.5. The lowest BCUT2D eigenvalue weighted by Crippen LogP contribution is -2.44. The molecule has 0 aromatic heterocycles. The highest BCUT2D eigenvalue weighted by molar-refractivity contribution is 8.18. The minimum atomic E-state index is -0.391. The molecule has 0 aliphatic carbocycles. The van der Waals surface area contributed by atoms with E-state index in [0.29, 0.717) is 18.0 Å². The van der Waals surface area contributed by atoms with Crippen LogP contribution in [-0.2, 0) is 4.79 Å². The number of rotatable bonds is 3. The van der Waals surface area contributed by atoms with Crippen LogP contribution in [0.25, 0.3) is 6.08 Å². The van der Waals surface area contributed by atoms with Gasteiger partial charge in [-0.15, -0.1) is 0 Å². The SMILES string of the molecule is NC(=O)N1CCC(Oc2ccc(C=C3SC(=O)NC3=O)cc2)CC1. The predicted octanol–water partition coefficient (Wildman–Crippen LogP) is 1.93. The van der Waals surface area contributed by atoms with Gasteiger partial charge in [-0.3, -0.25) is 14.9 Å². The molecule has 0 atom stereocenters. The van der Waals surface area contributed by atoms with Crippen molar-refractivity contribution in [2.24, 2.45) is 5.73 Å². The number of carbonyl (C=O) groups is 3. The molecule has 8 heteroatoms. The lowest BCUT2D eigenvalue weighted by atomic mass is 10.1. The molecule has 2 heterocycles. The number of nitrogens with zero attached hydrogens (tertiary/aromatic N) is 1. The number of nitrogens with one attached hydrogen (secondary N) is 1. The standard InChI is InChI=1S/C16H17N3O4S/c17-15(21)19-7-5-12(6-8-19)23-11-3-1-10(2-4-11)9-13-14(20)18-16(22)24-13/h1-4,9,12H,5-8H2,(H2,17,21)(H,18,20,22). The van der Waals surface area contributed by atoms with Crippen molar-refractivity contribution < 1.29 is 19.1 Å². The first-order chi connectivity index (χ1) is 11.5. The van der Waals surface area contributed by atoms with Gasteiger partial charge in [0.25, 0.3) is 11.1 Å². The Morgan fingerprint density at radius 2 is 1.92 bits per heavy atom. The summed E-state index contributed by atoms with van der Waals surface area (Å²) >= 11 is 0.892. The van der Waals surface area contributed by atoms with E-state index >= 15 is 0 Å². The van der Waals surface area contributed by atoms with Crippen LogP contribution in [0.15, 0.2) is 29.2 Å². The number of piperidine rings is 1. The third-order valence-corrected chi connectivity index (χ3v) is 4.69. The fraction of sp³-hybridized carbons (Fsp3) is 0.312. The first kappa shape index (κ1) is 16.4. The molecule has 0 spiro atoms. The summed E-state index contributed by atoms with van der Waals surface area (Å²) < 4.78 is 5.91. The van der Waals surface area contributed by atoms with Gasteiger partial charge in [0.15, 0.2) is 0 Å². The summed E-state index contributed by atoms with van der Waals surface area (Å²) in [5.41, 5.74) is 6.07. The fourth-order valence-electron chi connectivity index (χ4n) is 2.60. The smallest absolute Gasteiger partial charge is 0.314 e. The average molecular weight is 347 g/mol. The summed E-state index contributed by atoms with van der Waals surface area (Å²) in [6.07, 6.45) is 3.21. The lowest BCUT2D eigenvalue weighted by Gasteiger charge is -2.31. The molecule has 4 amide bonds. The lowest BCUT2D eigenvalue weighted by molar-refractivity contribution is -0.115. The van der Waals surface area contributed by atoms with Crippen molar-refractivity contribution in [1.82, 2.24) is 10.2 Å². The van der Waals surface area contributed by atoms with E-state index < -0.39 is 6.03 Å². The maximum Gasteiger partial charge on any atom is 0.314 e. The van der Waals surface area contributed by atoms with Gasteiger partial charge in [0.1, 0.15) is 11.9 Å². The van der Waals surface area contributed by atoms with Crippen LogP contribution in [0, 0.1) is 0 Å². The number of hydrogen-bond donors (Lipinski definition) is 2. The zero-order valence-corrected chi connectivity index (χ0v) is 13.7. The van der Waals surface area contributed by atoms with Crippen LogP contribution in [0.4, 0.5) is 9.59 Å². The minimum Gasteiger partial charge on any atom is -0.490 e. The monoisotopic (exact) mass is 347 g/mol. The van der Waals surface area contributed by atoms with Crippen LogP contribution in [-0.4, -0.2) is 41.3 Å². The van der Waals surface area contributed by atoms with Gasteiger partial charge < -0.3 is 15.4 Å². The summed E-state index contributed by atoms with van der Waals surface area (Å²) in [4.78, 5) is 35.7. The predicted molar refractivity (Wildman–Crippen MR) is 90.4 cm³/mol. The van der Waals surface area contributed by atoms with Crippen molar-refractivity contribution >= 4 is 35.0 Å². The van der Waals surface area contributed by atoms with Crippen LogP contribution < -0.4 is 15.8 Å². The number of thioether (sulfide) groups is 1. The molecule has 3 N–H and O–H groups in total. The molecular weight excluding hydrogens is 330 g/mol. The number of likely N-dealkylation sites (tertiary alicyclic amines) is 1. The second-order valence-corrected chi connectivity index (χ2v) is 6.58. The van der Waals surface area contributed by atoms with Gasteiger partial charge >= 0.3 is 6.03 Å². The summed E-state index contributed by atoms with van der Waals surface area (Å²) in [6.45, 7) is 1.20. The molecule has 0 unspecified atom stereocenters. The van der Waals surface area contributed by atoms with Crippen molar-refractivity contribution in [3.05, 3.63) is 34.7 Å². The van der Waals surface area contributed by atoms with Gasteiger partial charge in [0, 0.05) is 25.9 Å². The molecule has 0 bridgehead atoms. The number of urea groups is 1. The van der Waals surface area contributed by atoms with E-state index in [1.807, 2.05) is 24.3 Å². The highest BCUT2D eigenvalue weighted by atomic mass is 32.2. The number of benzene rings is 1. The Labute approximate surface area is 143 Å². The molecule has 7 nitrogen and oxygen atoms in total. The van der Waals surface area contributed by atoms with Gasteiger partial charge in [0.05, 0.1) is 4.91 Å². The van der Waals surface area contributed by atoms with Crippen molar-refractivity contribution in [3.63, 3.8) is 0 Å². The van der Waals surface area contributed by atoms with Crippen molar-refractivity contribution in [1.29, 1.82) is 0 Å². The van der Waals surface area contributed by atoms with Gasteiger partial charge in [-0.1, -0.05) is 12.1 Å². The number of hydrogen-bond acceptors (Lipinski definition) is 5. The third-order valence-electron chi connectivity index (χ3n) is 3.88. The molecule has 0 saturated carbocycles. The zero-order valence-electron chi connectivity index (χ0n) is 12.9. The number of primary amides is 1. The van der Waals surface area contributed by atoms with Crippen molar-refractivity contribution in [3.8, 4) is 5.75 Å².